The minimum absolute atomic E-state index is 0.0747. The predicted octanol–water partition coefficient (Wildman–Crippen LogP) is 4.59. The maximum atomic E-state index is 13.0. The Morgan fingerprint density at radius 1 is 0.781 bits per heavy atom. The zero-order valence-corrected chi connectivity index (χ0v) is 22.0. The lowest BCUT2D eigenvalue weighted by Gasteiger charge is -2.22. The summed E-state index contributed by atoms with van der Waals surface area (Å²) in [6.07, 6.45) is 1.62. The van der Waals surface area contributed by atoms with Crippen molar-refractivity contribution in [2.24, 2.45) is 0 Å². The summed E-state index contributed by atoms with van der Waals surface area (Å²) in [6.45, 7) is 6.89. The predicted molar refractivity (Wildman–Crippen MR) is 121 cm³/mol. The fraction of sp³-hybridized carbons (Fsp3) is 0.900. The number of esters is 1. The van der Waals surface area contributed by atoms with E-state index in [1.807, 2.05) is 6.92 Å². The summed E-state index contributed by atoms with van der Waals surface area (Å²) in [5.74, 6) is -0.848. The molecule has 0 aliphatic rings. The van der Waals surface area contributed by atoms with Crippen LogP contribution in [0, 0.1) is 0 Å². The van der Waals surface area contributed by atoms with Gasteiger partial charge in [-0.3, -0.25) is 23.0 Å². The quantitative estimate of drug-likeness (QED) is 0.133. The third-order valence-electron chi connectivity index (χ3n) is 4.42. The molecule has 0 radical (unpaired) electrons. The fourth-order valence-corrected chi connectivity index (χ4v) is 6.34. The largest absolute Gasteiger partial charge is 0.467 e. The summed E-state index contributed by atoms with van der Waals surface area (Å²) in [5.41, 5.74) is 0. The van der Waals surface area contributed by atoms with Crippen molar-refractivity contribution < 1.29 is 46.3 Å². The van der Waals surface area contributed by atoms with Crippen LogP contribution in [0.25, 0.3) is 0 Å². The van der Waals surface area contributed by atoms with Crippen molar-refractivity contribution in [3.63, 3.8) is 0 Å². The van der Waals surface area contributed by atoms with Crippen molar-refractivity contribution in [2.75, 3.05) is 46.4 Å². The van der Waals surface area contributed by atoms with Gasteiger partial charge in [0.25, 0.3) is 0 Å². The molecule has 0 spiro atoms. The molecule has 10 nitrogen and oxygen atoms in total. The molecule has 4 atom stereocenters. The molecule has 0 aliphatic carbocycles. The van der Waals surface area contributed by atoms with Crippen LogP contribution in [0.3, 0.4) is 0 Å². The van der Waals surface area contributed by atoms with Crippen molar-refractivity contribution in [1.82, 2.24) is 0 Å². The lowest BCUT2D eigenvalue weighted by atomic mass is 10.2. The summed E-state index contributed by atoms with van der Waals surface area (Å²) >= 11 is 0. The van der Waals surface area contributed by atoms with Gasteiger partial charge in [-0.1, -0.05) is 19.8 Å². The fourth-order valence-electron chi connectivity index (χ4n) is 2.51. The monoisotopic (exact) mass is 502 g/mol. The van der Waals surface area contributed by atoms with Gasteiger partial charge in [0.2, 0.25) is 0 Å². The number of ether oxygens (including phenoxy) is 2. The van der Waals surface area contributed by atoms with E-state index >= 15 is 0 Å². The summed E-state index contributed by atoms with van der Waals surface area (Å²) in [4.78, 5) is 23.0. The number of ketones is 1. The van der Waals surface area contributed by atoms with Gasteiger partial charge in [-0.15, -0.1) is 0 Å². The summed E-state index contributed by atoms with van der Waals surface area (Å²) < 4.78 is 57.1. The van der Waals surface area contributed by atoms with E-state index in [-0.39, 0.29) is 31.3 Å². The van der Waals surface area contributed by atoms with Gasteiger partial charge >= 0.3 is 21.2 Å². The first-order valence-electron chi connectivity index (χ1n) is 10.9. The zero-order chi connectivity index (χ0) is 24.6. The highest BCUT2D eigenvalue weighted by Gasteiger charge is 2.31. The number of hydrogen-bond acceptors (Lipinski definition) is 10. The number of unbranched alkanes of at least 4 members (excludes halogenated alkanes) is 3. The van der Waals surface area contributed by atoms with Crippen molar-refractivity contribution >= 4 is 26.9 Å². The van der Waals surface area contributed by atoms with Crippen molar-refractivity contribution in [3.8, 4) is 0 Å². The molecule has 0 aromatic heterocycles. The molecule has 0 aliphatic heterocycles. The number of methoxy groups -OCH3 is 2. The van der Waals surface area contributed by atoms with Crippen LogP contribution in [-0.4, -0.2) is 70.3 Å². The third kappa shape index (κ3) is 13.8. The SMILES string of the molecule is CCCOP(=O)(CCCCCCP(=O)(OCCOC)OC(C)C(=O)OC)OC(C)C(C)=O. The van der Waals surface area contributed by atoms with Crippen LogP contribution in [0.2, 0.25) is 0 Å². The Labute approximate surface area is 192 Å². The first-order valence-corrected chi connectivity index (χ1v) is 14.4. The molecule has 0 amide bonds. The molecular weight excluding hydrogens is 462 g/mol. The molecule has 190 valence electrons. The molecule has 0 rings (SSSR count). The zero-order valence-electron chi connectivity index (χ0n) is 20.2. The van der Waals surface area contributed by atoms with E-state index in [4.69, 9.17) is 22.8 Å². The molecule has 0 saturated carbocycles. The van der Waals surface area contributed by atoms with Crippen LogP contribution in [0.15, 0.2) is 0 Å². The Bertz CT molecular complexity index is 640. The Hall–Kier alpha value is -0.600. The van der Waals surface area contributed by atoms with E-state index in [1.165, 1.54) is 28.1 Å². The van der Waals surface area contributed by atoms with Gasteiger partial charge in [0.05, 0.1) is 39.3 Å². The molecule has 0 aromatic carbocycles. The smallest absolute Gasteiger partial charge is 0.335 e. The number of carbonyl (C=O) groups is 2. The number of rotatable bonds is 20. The van der Waals surface area contributed by atoms with Crippen LogP contribution >= 0.6 is 15.2 Å². The van der Waals surface area contributed by atoms with Gasteiger partial charge in [0, 0.05) is 7.11 Å². The number of hydrogen-bond donors (Lipinski definition) is 0. The van der Waals surface area contributed by atoms with E-state index in [2.05, 4.69) is 4.74 Å². The number of Topliss-reactive ketones (excluding diaryl/α,β-unsaturated/α-hetero) is 1. The maximum absolute atomic E-state index is 13.0. The summed E-state index contributed by atoms with van der Waals surface area (Å²) in [5, 5.41) is 0. The molecule has 0 saturated heterocycles. The van der Waals surface area contributed by atoms with Gasteiger partial charge < -0.3 is 18.5 Å². The molecule has 0 N–H and O–H groups in total. The van der Waals surface area contributed by atoms with Crippen molar-refractivity contribution in [3.05, 3.63) is 0 Å². The molecule has 12 heteroatoms. The third-order valence-corrected chi connectivity index (χ3v) is 8.58. The van der Waals surface area contributed by atoms with Crippen LogP contribution < -0.4 is 0 Å². The van der Waals surface area contributed by atoms with E-state index in [1.54, 1.807) is 6.92 Å². The standard InChI is InChI=1S/C20H40O10P2/c1-7-12-27-31(23,29-18(3)17(2)21)15-10-8-9-11-16-32(24,28-14-13-25-5)30-19(4)20(22)26-6/h18-19H,7-16H2,1-6H3. The van der Waals surface area contributed by atoms with E-state index in [9.17, 15) is 18.7 Å². The van der Waals surface area contributed by atoms with Gasteiger partial charge in [-0.05, 0) is 40.0 Å². The van der Waals surface area contributed by atoms with E-state index in [0.29, 0.717) is 38.7 Å². The van der Waals surface area contributed by atoms with Crippen LogP contribution in [0.1, 0.15) is 59.8 Å². The highest BCUT2D eigenvalue weighted by atomic mass is 31.2. The molecule has 0 fully saturated rings. The minimum atomic E-state index is -3.52. The molecule has 32 heavy (non-hydrogen) atoms. The van der Waals surface area contributed by atoms with Gasteiger partial charge in [0.1, 0.15) is 6.10 Å². The second-order valence-electron chi connectivity index (χ2n) is 7.37. The van der Waals surface area contributed by atoms with Crippen LogP contribution in [0.5, 0.6) is 0 Å². The molecule has 0 heterocycles. The first-order chi connectivity index (χ1) is 15.0. The highest BCUT2D eigenvalue weighted by Crippen LogP contribution is 2.51. The molecule has 0 bridgehead atoms. The highest BCUT2D eigenvalue weighted by molar-refractivity contribution is 7.54. The Morgan fingerprint density at radius 3 is 1.72 bits per heavy atom. The Kier molecular flexibility index (Phi) is 16.6. The van der Waals surface area contributed by atoms with Crippen LogP contribution in [0.4, 0.5) is 0 Å². The van der Waals surface area contributed by atoms with E-state index < -0.39 is 33.4 Å². The maximum Gasteiger partial charge on any atom is 0.335 e. The van der Waals surface area contributed by atoms with Crippen LogP contribution in [-0.2, 0) is 46.3 Å². The van der Waals surface area contributed by atoms with E-state index in [0.717, 1.165) is 0 Å². The van der Waals surface area contributed by atoms with Crippen molar-refractivity contribution in [2.45, 2.75) is 72.0 Å². The second kappa shape index (κ2) is 16.9. The van der Waals surface area contributed by atoms with Gasteiger partial charge in [-0.2, -0.15) is 0 Å². The Morgan fingerprint density at radius 2 is 1.28 bits per heavy atom. The summed E-state index contributed by atoms with van der Waals surface area (Å²) in [7, 11) is -4.17. The minimum Gasteiger partial charge on any atom is -0.467 e. The van der Waals surface area contributed by atoms with Gasteiger partial charge in [-0.25, -0.2) is 4.79 Å². The van der Waals surface area contributed by atoms with Gasteiger partial charge in [0.15, 0.2) is 11.9 Å². The molecule has 4 unspecified atom stereocenters. The lowest BCUT2D eigenvalue weighted by molar-refractivity contribution is -0.148. The topological polar surface area (TPSA) is 124 Å². The normalized spacial score (nSPS) is 17.2. The molecular formula is C20H40O10P2. The average molecular weight is 502 g/mol. The lowest BCUT2D eigenvalue weighted by Crippen LogP contribution is -2.22. The summed E-state index contributed by atoms with van der Waals surface area (Å²) in [6, 6.07) is 0. The Balaban J connectivity index is 4.65. The number of carbonyl (C=O) groups excluding carboxylic acids is 2. The first kappa shape index (κ1) is 31.4. The van der Waals surface area contributed by atoms with Crippen molar-refractivity contribution in [1.29, 1.82) is 0 Å². The average Bonchev–Trinajstić information content (AvgIpc) is 2.74. The molecule has 0 aromatic rings. The second-order valence-corrected chi connectivity index (χ2v) is 11.6.